The zero-order chi connectivity index (χ0) is 17.5. The Labute approximate surface area is 141 Å². The fourth-order valence-electron chi connectivity index (χ4n) is 3.61. The molecule has 3 atom stereocenters. The first-order valence-electron chi connectivity index (χ1n) is 8.07. The fraction of sp³-hybridized carbons (Fsp3) is 0.368. The fourth-order valence-corrected chi connectivity index (χ4v) is 3.61. The number of carbonyl (C=O) groups is 2. The van der Waals surface area contributed by atoms with Gasteiger partial charge >= 0.3 is 0 Å². The SMILES string of the molecule is CNC(=O)C1=CC(C)(C(N)=O)CC2=C1OC(C)C2c1ccccc1. The van der Waals surface area contributed by atoms with E-state index in [1.807, 2.05) is 37.3 Å². The van der Waals surface area contributed by atoms with E-state index in [9.17, 15) is 9.59 Å². The summed E-state index contributed by atoms with van der Waals surface area (Å²) in [7, 11) is 1.56. The summed E-state index contributed by atoms with van der Waals surface area (Å²) in [5.41, 5.74) is 7.20. The van der Waals surface area contributed by atoms with Crippen molar-refractivity contribution in [3.63, 3.8) is 0 Å². The molecule has 0 saturated carbocycles. The predicted octanol–water partition coefficient (Wildman–Crippen LogP) is 2.01. The molecule has 1 heterocycles. The number of ether oxygens (including phenoxy) is 1. The number of likely N-dealkylation sites (N-methyl/N-ethyl adjacent to an activating group) is 1. The van der Waals surface area contributed by atoms with Crippen LogP contribution in [0.3, 0.4) is 0 Å². The second-order valence-electron chi connectivity index (χ2n) is 6.66. The molecule has 0 spiro atoms. The summed E-state index contributed by atoms with van der Waals surface area (Å²) < 4.78 is 6.04. The number of nitrogens with one attached hydrogen (secondary N) is 1. The average molecular weight is 326 g/mol. The molecule has 0 fully saturated rings. The van der Waals surface area contributed by atoms with Gasteiger partial charge in [0.05, 0.1) is 11.0 Å². The number of hydrogen-bond acceptors (Lipinski definition) is 3. The lowest BCUT2D eigenvalue weighted by Gasteiger charge is -2.30. The second-order valence-corrected chi connectivity index (χ2v) is 6.66. The molecule has 0 saturated heterocycles. The highest BCUT2D eigenvalue weighted by atomic mass is 16.5. The van der Waals surface area contributed by atoms with Crippen molar-refractivity contribution in [1.29, 1.82) is 0 Å². The molecule has 3 N–H and O–H groups in total. The van der Waals surface area contributed by atoms with Crippen LogP contribution >= 0.6 is 0 Å². The first-order chi connectivity index (χ1) is 11.4. The molecular weight excluding hydrogens is 304 g/mol. The topological polar surface area (TPSA) is 81.4 Å². The number of hydrogen-bond donors (Lipinski definition) is 2. The van der Waals surface area contributed by atoms with Gasteiger partial charge in [0.25, 0.3) is 5.91 Å². The lowest BCUT2D eigenvalue weighted by molar-refractivity contribution is -0.124. The van der Waals surface area contributed by atoms with Crippen molar-refractivity contribution in [2.45, 2.75) is 32.3 Å². The van der Waals surface area contributed by atoms with Crippen molar-refractivity contribution in [3.05, 3.63) is 58.9 Å². The minimum Gasteiger partial charge on any atom is -0.489 e. The standard InChI is InChI=1S/C19H22N2O3/c1-11-15(12-7-5-4-6-8-12)13-9-19(2,18(20)23)10-14(16(13)24-11)17(22)21-3/h4-8,10-11,15H,9H2,1-3H3,(H2,20,23)(H,21,22). The number of rotatable bonds is 3. The largest absolute Gasteiger partial charge is 0.489 e. The van der Waals surface area contributed by atoms with Gasteiger partial charge in [-0.15, -0.1) is 0 Å². The zero-order valence-corrected chi connectivity index (χ0v) is 14.1. The quantitative estimate of drug-likeness (QED) is 0.891. The van der Waals surface area contributed by atoms with Gasteiger partial charge in [-0.3, -0.25) is 9.59 Å². The van der Waals surface area contributed by atoms with Gasteiger partial charge in [0.2, 0.25) is 5.91 Å². The highest BCUT2D eigenvalue weighted by molar-refractivity contribution is 5.99. The summed E-state index contributed by atoms with van der Waals surface area (Å²) in [4.78, 5) is 24.4. The van der Waals surface area contributed by atoms with Crippen molar-refractivity contribution >= 4 is 11.8 Å². The molecule has 1 aromatic carbocycles. The van der Waals surface area contributed by atoms with E-state index in [0.717, 1.165) is 11.1 Å². The molecule has 0 radical (unpaired) electrons. The highest BCUT2D eigenvalue weighted by Gasteiger charge is 2.46. The highest BCUT2D eigenvalue weighted by Crippen LogP contribution is 2.50. The molecule has 24 heavy (non-hydrogen) atoms. The first kappa shape index (κ1) is 16.3. The minimum atomic E-state index is -0.902. The summed E-state index contributed by atoms with van der Waals surface area (Å²) in [5.74, 6) is -0.111. The van der Waals surface area contributed by atoms with Crippen molar-refractivity contribution in [2.24, 2.45) is 11.1 Å². The summed E-state index contributed by atoms with van der Waals surface area (Å²) in [6.45, 7) is 3.76. The van der Waals surface area contributed by atoms with E-state index >= 15 is 0 Å². The van der Waals surface area contributed by atoms with E-state index < -0.39 is 11.3 Å². The van der Waals surface area contributed by atoms with Gasteiger partial charge in [0.1, 0.15) is 11.9 Å². The Bertz CT molecular complexity index is 751. The van der Waals surface area contributed by atoms with E-state index in [4.69, 9.17) is 10.5 Å². The molecule has 1 aliphatic heterocycles. The Kier molecular flexibility index (Phi) is 3.95. The van der Waals surface area contributed by atoms with Crippen LogP contribution in [-0.2, 0) is 14.3 Å². The molecule has 1 aliphatic carbocycles. The third-order valence-electron chi connectivity index (χ3n) is 4.90. The molecular formula is C19H22N2O3. The minimum absolute atomic E-state index is 0.00762. The molecule has 3 unspecified atom stereocenters. The lowest BCUT2D eigenvalue weighted by Crippen LogP contribution is -2.37. The van der Waals surface area contributed by atoms with Crippen LogP contribution in [0.4, 0.5) is 0 Å². The van der Waals surface area contributed by atoms with Crippen molar-refractivity contribution < 1.29 is 14.3 Å². The zero-order valence-electron chi connectivity index (χ0n) is 14.1. The number of carbonyl (C=O) groups excluding carboxylic acids is 2. The monoisotopic (exact) mass is 326 g/mol. The second kappa shape index (κ2) is 5.82. The van der Waals surface area contributed by atoms with Crippen LogP contribution in [0.25, 0.3) is 0 Å². The number of nitrogens with two attached hydrogens (primary N) is 1. The number of amides is 2. The summed E-state index contributed by atoms with van der Waals surface area (Å²) in [6.07, 6.45) is 2.00. The molecule has 5 heteroatoms. The Morgan fingerprint density at radius 1 is 1.29 bits per heavy atom. The Hall–Kier alpha value is -2.56. The smallest absolute Gasteiger partial charge is 0.254 e. The first-order valence-corrected chi connectivity index (χ1v) is 8.07. The normalized spacial score (nSPS) is 28.7. The molecule has 2 aliphatic rings. The summed E-state index contributed by atoms with van der Waals surface area (Å²) in [6, 6.07) is 10.0. The van der Waals surface area contributed by atoms with E-state index in [1.54, 1.807) is 20.0 Å². The van der Waals surface area contributed by atoms with Gasteiger partial charge in [-0.25, -0.2) is 0 Å². The number of primary amides is 1. The van der Waals surface area contributed by atoms with Gasteiger partial charge < -0.3 is 15.8 Å². The molecule has 0 aromatic heterocycles. The van der Waals surface area contributed by atoms with E-state index in [0.29, 0.717) is 17.8 Å². The summed E-state index contributed by atoms with van der Waals surface area (Å²) in [5, 5.41) is 2.62. The van der Waals surface area contributed by atoms with Gasteiger partial charge in [-0.2, -0.15) is 0 Å². The van der Waals surface area contributed by atoms with Crippen molar-refractivity contribution in [2.75, 3.05) is 7.05 Å². The third-order valence-corrected chi connectivity index (χ3v) is 4.90. The van der Waals surface area contributed by atoms with E-state index in [2.05, 4.69) is 5.32 Å². The van der Waals surface area contributed by atoms with E-state index in [1.165, 1.54) is 0 Å². The molecule has 5 nitrogen and oxygen atoms in total. The van der Waals surface area contributed by atoms with Crippen LogP contribution in [0.5, 0.6) is 0 Å². The van der Waals surface area contributed by atoms with Gasteiger partial charge in [-0.05, 0) is 31.4 Å². The van der Waals surface area contributed by atoms with Crippen molar-refractivity contribution in [3.8, 4) is 0 Å². The van der Waals surface area contributed by atoms with Gasteiger partial charge in [-0.1, -0.05) is 36.4 Å². The Morgan fingerprint density at radius 3 is 2.54 bits per heavy atom. The average Bonchev–Trinajstić information content (AvgIpc) is 2.89. The lowest BCUT2D eigenvalue weighted by atomic mass is 9.72. The Morgan fingerprint density at radius 2 is 1.96 bits per heavy atom. The molecule has 1 aromatic rings. The molecule has 2 amide bonds. The predicted molar refractivity (Wildman–Crippen MR) is 90.8 cm³/mol. The van der Waals surface area contributed by atoms with Crippen LogP contribution in [0.1, 0.15) is 31.7 Å². The number of benzene rings is 1. The van der Waals surface area contributed by atoms with Gasteiger partial charge in [0, 0.05) is 13.0 Å². The maximum Gasteiger partial charge on any atom is 0.254 e. The maximum absolute atomic E-state index is 12.3. The van der Waals surface area contributed by atoms with Gasteiger partial charge in [0.15, 0.2) is 0 Å². The molecule has 0 bridgehead atoms. The van der Waals surface area contributed by atoms with Crippen LogP contribution in [0.15, 0.2) is 53.3 Å². The van der Waals surface area contributed by atoms with Crippen LogP contribution < -0.4 is 11.1 Å². The van der Waals surface area contributed by atoms with Crippen molar-refractivity contribution in [1.82, 2.24) is 5.32 Å². The summed E-state index contributed by atoms with van der Waals surface area (Å²) >= 11 is 0. The van der Waals surface area contributed by atoms with Crippen LogP contribution in [0.2, 0.25) is 0 Å². The third kappa shape index (κ3) is 2.50. The van der Waals surface area contributed by atoms with Crippen LogP contribution in [0, 0.1) is 5.41 Å². The van der Waals surface area contributed by atoms with Crippen LogP contribution in [-0.4, -0.2) is 25.0 Å². The van der Waals surface area contributed by atoms with E-state index in [-0.39, 0.29) is 17.9 Å². The Balaban J connectivity index is 2.13. The molecule has 126 valence electrons. The maximum atomic E-state index is 12.3. The molecule has 3 rings (SSSR count).